The normalized spacial score (nSPS) is 51.6. The summed E-state index contributed by atoms with van der Waals surface area (Å²) in [6, 6.07) is 0. The van der Waals surface area contributed by atoms with Crippen LogP contribution in [0.5, 0.6) is 0 Å². The summed E-state index contributed by atoms with van der Waals surface area (Å²) in [7, 11) is 0. The molecule has 10 heteroatoms. The van der Waals surface area contributed by atoms with Crippen LogP contribution in [0.4, 0.5) is 35.1 Å². The zero-order valence-corrected chi connectivity index (χ0v) is 11.9. The van der Waals surface area contributed by atoms with Crippen molar-refractivity contribution in [3.63, 3.8) is 0 Å². The van der Waals surface area contributed by atoms with Gasteiger partial charge in [-0.25, -0.2) is 8.78 Å². The maximum absolute atomic E-state index is 15.0. The van der Waals surface area contributed by atoms with E-state index in [1.807, 2.05) is 0 Å². The molecular formula is C13H12F8O2. The molecule has 0 spiro atoms. The molecule has 3 aliphatic carbocycles. The molecule has 5 atom stereocenters. The highest BCUT2D eigenvalue weighted by Gasteiger charge is 3.05. The van der Waals surface area contributed by atoms with Gasteiger partial charge in [0, 0.05) is 18.8 Å². The maximum atomic E-state index is 15.0. The van der Waals surface area contributed by atoms with Gasteiger partial charge in [-0.1, -0.05) is 0 Å². The van der Waals surface area contributed by atoms with Crippen molar-refractivity contribution in [2.24, 2.45) is 11.8 Å². The number of rotatable bonds is 1. The van der Waals surface area contributed by atoms with Gasteiger partial charge in [0.2, 0.25) is 11.3 Å². The van der Waals surface area contributed by atoms with Crippen molar-refractivity contribution in [3.8, 4) is 0 Å². The van der Waals surface area contributed by atoms with Gasteiger partial charge >= 0.3 is 23.7 Å². The highest BCUT2D eigenvalue weighted by Crippen LogP contribution is 2.80. The minimum atomic E-state index is -6.19. The molecule has 3 saturated carbocycles. The van der Waals surface area contributed by atoms with Crippen LogP contribution in [-0.4, -0.2) is 40.7 Å². The Labute approximate surface area is 125 Å². The van der Waals surface area contributed by atoms with Crippen molar-refractivity contribution in [2.45, 2.75) is 61.4 Å². The van der Waals surface area contributed by atoms with E-state index in [0.717, 1.165) is 13.8 Å². The van der Waals surface area contributed by atoms with Crippen molar-refractivity contribution < 1.29 is 44.7 Å². The van der Waals surface area contributed by atoms with Gasteiger partial charge in [-0.05, 0) is 19.8 Å². The number of halogens is 8. The molecule has 0 amide bonds. The topological polar surface area (TPSA) is 26.3 Å². The van der Waals surface area contributed by atoms with Crippen LogP contribution < -0.4 is 0 Å². The number of hydrogen-bond donors (Lipinski definition) is 0. The van der Waals surface area contributed by atoms with Crippen LogP contribution >= 0.6 is 0 Å². The lowest BCUT2D eigenvalue weighted by molar-refractivity contribution is -0.299. The Kier molecular flexibility index (Phi) is 2.74. The largest absolute Gasteiger partial charge is 0.459 e. The van der Waals surface area contributed by atoms with Crippen LogP contribution in [0, 0.1) is 11.8 Å². The summed E-state index contributed by atoms with van der Waals surface area (Å²) in [5.74, 6) is -23.5. The molecule has 0 aromatic heterocycles. The molecule has 5 unspecified atom stereocenters. The first kappa shape index (κ1) is 16.8. The summed E-state index contributed by atoms with van der Waals surface area (Å²) >= 11 is 0. The van der Waals surface area contributed by atoms with E-state index < -0.39 is 65.4 Å². The average Bonchev–Trinajstić information content (AvgIpc) is 2.83. The van der Waals surface area contributed by atoms with E-state index in [1.54, 1.807) is 0 Å². The van der Waals surface area contributed by atoms with E-state index in [2.05, 4.69) is 0 Å². The standard InChI is InChI=1S/C13H12F8O2/c1-5(22)23-8(2)4-6-3-7(8)10(15)9(6,14)11(16,17)13(20,21)12(10,18)19/h6-7H,3-4H2,1-2H3. The Bertz CT molecular complexity index is 593. The molecular weight excluding hydrogens is 340 g/mol. The Morgan fingerprint density at radius 2 is 1.39 bits per heavy atom. The van der Waals surface area contributed by atoms with Crippen molar-refractivity contribution in [3.05, 3.63) is 0 Å². The molecule has 23 heavy (non-hydrogen) atoms. The summed E-state index contributed by atoms with van der Waals surface area (Å²) in [5, 5.41) is 0. The zero-order chi connectivity index (χ0) is 17.9. The molecule has 2 nitrogen and oxygen atoms in total. The third-order valence-electron chi connectivity index (χ3n) is 5.56. The fraction of sp³-hybridized carbons (Fsp3) is 0.923. The Balaban J connectivity index is 2.22. The molecule has 0 heterocycles. The second-order valence-electron chi connectivity index (χ2n) is 6.74. The van der Waals surface area contributed by atoms with Gasteiger partial charge in [-0.2, -0.15) is 26.3 Å². The highest BCUT2D eigenvalue weighted by atomic mass is 19.4. The zero-order valence-electron chi connectivity index (χ0n) is 11.9. The van der Waals surface area contributed by atoms with Crippen LogP contribution in [0.3, 0.4) is 0 Å². The molecule has 0 aliphatic heterocycles. The number of ether oxygens (including phenoxy) is 1. The number of carbonyl (C=O) groups is 1. The van der Waals surface area contributed by atoms with Gasteiger partial charge in [-0.3, -0.25) is 4.79 Å². The van der Waals surface area contributed by atoms with E-state index >= 15 is 4.39 Å². The molecule has 2 bridgehead atoms. The minimum absolute atomic E-state index is 0.735. The summed E-state index contributed by atoms with van der Waals surface area (Å²) in [6.07, 6.45) is -1.57. The third kappa shape index (κ3) is 1.30. The van der Waals surface area contributed by atoms with Crippen LogP contribution in [-0.2, 0) is 9.53 Å². The van der Waals surface area contributed by atoms with Crippen molar-refractivity contribution in [1.82, 2.24) is 0 Å². The monoisotopic (exact) mass is 352 g/mol. The molecule has 132 valence electrons. The fourth-order valence-corrected chi connectivity index (χ4v) is 4.71. The van der Waals surface area contributed by atoms with Crippen molar-refractivity contribution in [2.75, 3.05) is 0 Å². The first-order valence-corrected chi connectivity index (χ1v) is 6.82. The molecule has 0 N–H and O–H groups in total. The second kappa shape index (κ2) is 3.77. The molecule has 0 saturated heterocycles. The summed E-state index contributed by atoms with van der Waals surface area (Å²) in [4.78, 5) is 11.1. The summed E-state index contributed by atoms with van der Waals surface area (Å²) in [6.45, 7) is 1.82. The number of esters is 1. The molecule has 3 rings (SSSR count). The lowest BCUT2D eigenvalue weighted by Gasteiger charge is -2.46. The van der Waals surface area contributed by atoms with Crippen molar-refractivity contribution in [1.29, 1.82) is 0 Å². The third-order valence-corrected chi connectivity index (χ3v) is 5.56. The molecule has 3 fully saturated rings. The van der Waals surface area contributed by atoms with Gasteiger partial charge in [0.25, 0.3) is 0 Å². The van der Waals surface area contributed by atoms with Gasteiger partial charge in [0.05, 0.1) is 0 Å². The molecule has 0 radical (unpaired) electrons. The van der Waals surface area contributed by atoms with Gasteiger partial charge in [0.1, 0.15) is 5.60 Å². The lowest BCUT2D eigenvalue weighted by Crippen LogP contribution is -2.66. The van der Waals surface area contributed by atoms with E-state index in [0.29, 0.717) is 0 Å². The average molecular weight is 352 g/mol. The molecule has 3 aliphatic rings. The van der Waals surface area contributed by atoms with Gasteiger partial charge in [0.15, 0.2) is 0 Å². The number of alkyl halides is 8. The maximum Gasteiger partial charge on any atom is 0.378 e. The van der Waals surface area contributed by atoms with Crippen LogP contribution in [0.1, 0.15) is 26.7 Å². The highest BCUT2D eigenvalue weighted by molar-refractivity contribution is 5.67. The van der Waals surface area contributed by atoms with Crippen LogP contribution in [0.2, 0.25) is 0 Å². The first-order chi connectivity index (χ1) is 10.1. The predicted octanol–water partition coefficient (Wildman–Crippen LogP) is 3.68. The van der Waals surface area contributed by atoms with Gasteiger partial charge < -0.3 is 4.74 Å². The SMILES string of the molecule is CC(=O)OC1(C)CC2CC1C1(F)C(F)(F)C(F)(F)C(F)(F)C21F. The molecule has 0 aromatic rings. The number of fused-ring (bicyclic) bond motifs is 5. The number of carbonyl (C=O) groups excluding carboxylic acids is 1. The first-order valence-electron chi connectivity index (χ1n) is 6.82. The smallest absolute Gasteiger partial charge is 0.378 e. The van der Waals surface area contributed by atoms with Crippen LogP contribution in [0.15, 0.2) is 0 Å². The Morgan fingerprint density at radius 3 is 1.87 bits per heavy atom. The van der Waals surface area contributed by atoms with Gasteiger partial charge in [-0.15, -0.1) is 0 Å². The van der Waals surface area contributed by atoms with E-state index in [1.165, 1.54) is 0 Å². The summed E-state index contributed by atoms with van der Waals surface area (Å²) < 4.78 is 117. The summed E-state index contributed by atoms with van der Waals surface area (Å²) in [5.41, 5.74) is -11.6. The Hall–Kier alpha value is -1.09. The number of hydrogen-bond acceptors (Lipinski definition) is 2. The predicted molar refractivity (Wildman–Crippen MR) is 58.9 cm³/mol. The fourth-order valence-electron chi connectivity index (χ4n) is 4.71. The molecule has 0 aromatic carbocycles. The quantitative estimate of drug-likeness (QED) is 0.532. The Morgan fingerprint density at radius 1 is 0.913 bits per heavy atom. The minimum Gasteiger partial charge on any atom is -0.459 e. The van der Waals surface area contributed by atoms with E-state index in [-0.39, 0.29) is 0 Å². The second-order valence-corrected chi connectivity index (χ2v) is 6.74. The van der Waals surface area contributed by atoms with E-state index in [9.17, 15) is 35.5 Å². The van der Waals surface area contributed by atoms with Crippen LogP contribution in [0.25, 0.3) is 0 Å². The van der Waals surface area contributed by atoms with E-state index in [4.69, 9.17) is 4.74 Å². The van der Waals surface area contributed by atoms with Crippen molar-refractivity contribution >= 4 is 5.97 Å². The lowest BCUT2D eigenvalue weighted by atomic mass is 9.68.